The summed E-state index contributed by atoms with van der Waals surface area (Å²) in [5.74, 6) is -0.987. The van der Waals surface area contributed by atoms with E-state index in [9.17, 15) is 19.2 Å². The second kappa shape index (κ2) is 21.7. The number of benzene rings is 3. The Bertz CT molecular complexity index is 1880. The van der Waals surface area contributed by atoms with Gasteiger partial charge in [-0.3, -0.25) is 19.4 Å². The van der Waals surface area contributed by atoms with Crippen LogP contribution in [0.25, 0.3) is 21.7 Å². The largest absolute Gasteiger partial charge is 0.444 e. The second-order valence-corrected chi connectivity index (χ2v) is 14.2. The van der Waals surface area contributed by atoms with Crippen LogP contribution in [0.1, 0.15) is 71.9 Å². The van der Waals surface area contributed by atoms with Crippen LogP contribution in [0.5, 0.6) is 0 Å². The van der Waals surface area contributed by atoms with Crippen LogP contribution in [0.3, 0.4) is 0 Å². The van der Waals surface area contributed by atoms with E-state index in [1.165, 1.54) is 0 Å². The molecule has 14 heteroatoms. The summed E-state index contributed by atoms with van der Waals surface area (Å²) in [4.78, 5) is 64.3. The summed E-state index contributed by atoms with van der Waals surface area (Å²) in [5, 5.41) is 11.3. The Balaban J connectivity index is 1.46. The van der Waals surface area contributed by atoms with E-state index in [0.717, 1.165) is 32.8 Å². The van der Waals surface area contributed by atoms with Crippen molar-refractivity contribution < 1.29 is 38.2 Å². The normalized spacial score (nSPS) is 12.6. The molecule has 2 atom stereocenters. The van der Waals surface area contributed by atoms with Crippen molar-refractivity contribution in [2.45, 2.75) is 97.9 Å². The van der Waals surface area contributed by atoms with Crippen LogP contribution >= 0.6 is 0 Å². The molecule has 0 spiro atoms. The van der Waals surface area contributed by atoms with E-state index in [2.05, 4.69) is 26.4 Å². The first-order valence-corrected chi connectivity index (χ1v) is 19.1. The van der Waals surface area contributed by atoms with Gasteiger partial charge in [0.2, 0.25) is 11.8 Å². The topological polar surface area (TPSA) is 169 Å². The molecular formula is C42H56N6O8. The van der Waals surface area contributed by atoms with E-state index in [1.807, 2.05) is 93.6 Å². The molecule has 0 radical (unpaired) electrons. The zero-order chi connectivity index (χ0) is 40.5. The molecule has 0 aliphatic heterocycles. The van der Waals surface area contributed by atoms with Crippen molar-refractivity contribution in [3.8, 4) is 0 Å². The zero-order valence-corrected chi connectivity index (χ0v) is 33.3. The van der Waals surface area contributed by atoms with Gasteiger partial charge in [-0.15, -0.1) is 0 Å². The molecule has 0 saturated carbocycles. The fraction of sp³-hybridized carbons (Fsp3) is 0.452. The van der Waals surface area contributed by atoms with Crippen molar-refractivity contribution in [1.29, 1.82) is 0 Å². The lowest BCUT2D eigenvalue weighted by molar-refractivity contribution is -0.180. The maximum Gasteiger partial charge on any atom is 0.407 e. The summed E-state index contributed by atoms with van der Waals surface area (Å²) in [6.45, 7) is 11.8. The monoisotopic (exact) mass is 772 g/mol. The van der Waals surface area contributed by atoms with E-state index in [1.54, 1.807) is 31.9 Å². The quantitative estimate of drug-likeness (QED) is 0.0470. The molecule has 0 aliphatic carbocycles. The average molecular weight is 773 g/mol. The fourth-order valence-corrected chi connectivity index (χ4v) is 6.20. The van der Waals surface area contributed by atoms with Crippen molar-refractivity contribution in [2.24, 2.45) is 0 Å². The number of ether oxygens (including phenoxy) is 3. The van der Waals surface area contributed by atoms with E-state index in [-0.39, 0.29) is 25.4 Å². The number of unbranched alkanes of at least 4 members (excludes halogenated alkanes) is 1. The van der Waals surface area contributed by atoms with Gasteiger partial charge in [-0.1, -0.05) is 66.7 Å². The van der Waals surface area contributed by atoms with Crippen LogP contribution in [-0.4, -0.2) is 84.2 Å². The van der Waals surface area contributed by atoms with Crippen molar-refractivity contribution in [3.05, 3.63) is 90.1 Å². The van der Waals surface area contributed by atoms with Gasteiger partial charge >= 0.3 is 12.1 Å². The molecule has 4 aromatic rings. The first-order valence-electron chi connectivity index (χ1n) is 19.1. The maximum atomic E-state index is 14.7. The maximum absolute atomic E-state index is 14.7. The Hall–Kier alpha value is -5.31. The van der Waals surface area contributed by atoms with Gasteiger partial charge in [0.05, 0.1) is 11.6 Å². The molecule has 302 valence electrons. The number of rotatable bonds is 20. The molecule has 0 fully saturated rings. The molecule has 0 unspecified atom stereocenters. The van der Waals surface area contributed by atoms with Crippen LogP contribution in [0, 0.1) is 0 Å². The molecule has 1 aromatic heterocycles. The molecule has 56 heavy (non-hydrogen) atoms. The number of hydroxylamine groups is 1. The minimum absolute atomic E-state index is 0.159. The minimum Gasteiger partial charge on any atom is -0.444 e. The van der Waals surface area contributed by atoms with Crippen molar-refractivity contribution in [3.63, 3.8) is 0 Å². The number of hydrogen-bond donors (Lipinski definition) is 4. The van der Waals surface area contributed by atoms with E-state index < -0.39 is 48.6 Å². The van der Waals surface area contributed by atoms with Crippen LogP contribution in [-0.2, 0) is 41.7 Å². The minimum atomic E-state index is -0.998. The number of hydrogen-bond acceptors (Lipinski definition) is 9. The number of alkyl carbamates (subject to hydrolysis) is 1. The Morgan fingerprint density at radius 3 is 2.23 bits per heavy atom. The predicted molar refractivity (Wildman–Crippen MR) is 214 cm³/mol. The van der Waals surface area contributed by atoms with Crippen LogP contribution in [0.15, 0.2) is 79.0 Å². The highest BCUT2D eigenvalue weighted by Crippen LogP contribution is 2.23. The van der Waals surface area contributed by atoms with Gasteiger partial charge in [0, 0.05) is 44.4 Å². The summed E-state index contributed by atoms with van der Waals surface area (Å²) in [6, 6.07) is 21.1. The second-order valence-electron chi connectivity index (χ2n) is 14.2. The predicted octanol–water partition coefficient (Wildman–Crippen LogP) is 6.12. The van der Waals surface area contributed by atoms with Gasteiger partial charge in [-0.2, -0.15) is 0 Å². The highest BCUT2D eigenvalue weighted by Gasteiger charge is 2.34. The van der Waals surface area contributed by atoms with E-state index in [0.29, 0.717) is 32.6 Å². The first-order chi connectivity index (χ1) is 26.9. The van der Waals surface area contributed by atoms with Crippen molar-refractivity contribution >= 4 is 45.6 Å². The van der Waals surface area contributed by atoms with Crippen molar-refractivity contribution in [1.82, 2.24) is 31.3 Å². The third kappa shape index (κ3) is 13.5. The molecule has 0 bridgehead atoms. The average Bonchev–Trinajstić information content (AvgIpc) is 3.17. The lowest BCUT2D eigenvalue weighted by atomic mass is 10.0. The number of aromatic nitrogens is 1. The Morgan fingerprint density at radius 2 is 1.50 bits per heavy atom. The van der Waals surface area contributed by atoms with Crippen LogP contribution < -0.4 is 21.4 Å². The van der Waals surface area contributed by atoms with Crippen LogP contribution in [0.4, 0.5) is 9.59 Å². The molecule has 4 rings (SSSR count). The van der Waals surface area contributed by atoms with E-state index >= 15 is 0 Å². The van der Waals surface area contributed by atoms with Crippen LogP contribution in [0.2, 0.25) is 0 Å². The van der Waals surface area contributed by atoms with Gasteiger partial charge in [-0.05, 0) is 88.8 Å². The molecule has 14 nitrogen and oxygen atoms in total. The first kappa shape index (κ1) is 43.4. The van der Waals surface area contributed by atoms with Gasteiger partial charge in [-0.25, -0.2) is 15.1 Å². The summed E-state index contributed by atoms with van der Waals surface area (Å²) >= 11 is 0. The van der Waals surface area contributed by atoms with E-state index in [4.69, 9.17) is 19.0 Å². The number of nitrogens with zero attached hydrogens (tertiary/aromatic N) is 2. The Kier molecular flexibility index (Phi) is 16.8. The standard InChI is InChI=1S/C42H56N6O8/c1-7-53-39(54-8-2)29(3)48(27-33-20-14-18-31-21-15-25-43-37(31)33)38(50)35(23-11-12-24-44-41(52)56-42(4,5)6)46-36(49)28-55-47-40(51)45-26-32-19-13-17-30-16-9-10-22-34(30)32/h9-10,13-22,25,29,35,39H,7-8,11-12,23-24,26-28H2,1-6H3,(H,44,52)(H,46,49)(H2,45,47,51)/t29-,35-/m0/s1. The Morgan fingerprint density at radius 1 is 0.821 bits per heavy atom. The number of nitrogens with one attached hydrogen (secondary N) is 4. The summed E-state index contributed by atoms with van der Waals surface area (Å²) < 4.78 is 17.2. The van der Waals surface area contributed by atoms with Gasteiger partial charge in [0.15, 0.2) is 12.9 Å². The van der Waals surface area contributed by atoms with Gasteiger partial charge in [0.25, 0.3) is 0 Å². The number of para-hydroxylation sites is 1. The number of urea groups is 1. The summed E-state index contributed by atoms with van der Waals surface area (Å²) in [5.41, 5.74) is 4.10. The molecule has 0 saturated heterocycles. The summed E-state index contributed by atoms with van der Waals surface area (Å²) in [7, 11) is 0. The van der Waals surface area contributed by atoms with Gasteiger partial charge < -0.3 is 35.1 Å². The van der Waals surface area contributed by atoms with Crippen molar-refractivity contribution in [2.75, 3.05) is 26.4 Å². The fourth-order valence-electron chi connectivity index (χ4n) is 6.20. The Labute approximate surface area is 328 Å². The number of pyridine rings is 1. The summed E-state index contributed by atoms with van der Waals surface area (Å²) in [6.07, 6.45) is 1.65. The molecule has 1 heterocycles. The molecule has 3 aromatic carbocycles. The molecule has 5 amide bonds. The number of carbonyl (C=O) groups is 4. The lowest BCUT2D eigenvalue weighted by Crippen LogP contribution is -2.55. The van der Waals surface area contributed by atoms with Gasteiger partial charge in [0.1, 0.15) is 11.6 Å². The zero-order valence-electron chi connectivity index (χ0n) is 33.3. The third-order valence-corrected chi connectivity index (χ3v) is 8.80. The molecule has 4 N–H and O–H groups in total. The SMILES string of the molecule is CCOC(OCC)[C@H](C)N(Cc1cccc2cccnc12)C(=O)[C@H](CCCCNC(=O)OC(C)(C)C)NC(=O)CONC(=O)NCc1cccc2ccccc12. The smallest absolute Gasteiger partial charge is 0.407 e. The highest BCUT2D eigenvalue weighted by atomic mass is 16.7. The molecule has 0 aliphatic rings. The number of carbonyl (C=O) groups excluding carboxylic acids is 4. The number of amides is 5. The number of fused-ring (bicyclic) bond motifs is 2. The molecular weight excluding hydrogens is 716 g/mol. The third-order valence-electron chi connectivity index (χ3n) is 8.80. The lowest BCUT2D eigenvalue weighted by Gasteiger charge is -2.36. The highest BCUT2D eigenvalue weighted by molar-refractivity contribution is 5.89.